The van der Waals surface area contributed by atoms with E-state index in [2.05, 4.69) is 17.4 Å². The standard InChI is InChI=1S/C28H30N2O8/c1-17(22-14-25(36-2)26(15-24(22)30(34)35)37-13-7-12-27(31)32)29-28(33)38-16-23-20-10-5-3-8-18(20)19-9-4-6-11-21(19)23/h3-6,8-11,14-15,17,23,30,34H,7,12-13,16H2,1-2H3,(H,29,33)(H,31,32). The topological polar surface area (TPSA) is 142 Å². The average Bonchev–Trinajstić information content (AvgIpc) is 3.23. The van der Waals surface area contributed by atoms with Gasteiger partial charge in [-0.1, -0.05) is 48.5 Å². The normalized spacial score (nSPS) is 13.7. The predicted octanol–water partition coefficient (Wildman–Crippen LogP) is 3.94. The molecule has 1 aliphatic carbocycles. The third kappa shape index (κ3) is 5.88. The summed E-state index contributed by atoms with van der Waals surface area (Å²) in [5.74, 6) is -0.611. The summed E-state index contributed by atoms with van der Waals surface area (Å²) in [4.78, 5) is 23.5. The van der Waals surface area contributed by atoms with Crippen molar-refractivity contribution in [3.63, 3.8) is 0 Å². The smallest absolute Gasteiger partial charge is 0.407 e. The van der Waals surface area contributed by atoms with Gasteiger partial charge in [-0.3, -0.25) is 4.79 Å². The molecular weight excluding hydrogens is 492 g/mol. The minimum absolute atomic E-state index is 0.0761. The maximum Gasteiger partial charge on any atom is 0.407 e. The predicted molar refractivity (Wildman–Crippen MR) is 138 cm³/mol. The number of benzene rings is 3. The Bertz CT molecular complexity index is 1260. The number of carboxylic acid groups (broad SMARTS) is 1. The Labute approximate surface area is 219 Å². The first-order chi connectivity index (χ1) is 18.3. The van der Waals surface area contributed by atoms with Crippen molar-refractivity contribution in [2.75, 3.05) is 20.3 Å². The Morgan fingerprint density at radius 3 is 2.26 bits per heavy atom. The van der Waals surface area contributed by atoms with Gasteiger partial charge < -0.3 is 29.8 Å². The summed E-state index contributed by atoms with van der Waals surface area (Å²) in [6.45, 7) is 1.86. The molecule has 0 bridgehead atoms. The molecule has 1 amide bonds. The highest BCUT2D eigenvalue weighted by molar-refractivity contribution is 5.79. The number of hydrogen-bond acceptors (Lipinski definition) is 7. The molecule has 3 aromatic rings. The van der Waals surface area contributed by atoms with E-state index in [1.807, 2.05) is 36.4 Å². The number of carboxylic acids is 1. The number of rotatable bonds is 11. The van der Waals surface area contributed by atoms with Crippen LogP contribution in [0.25, 0.3) is 11.1 Å². The van der Waals surface area contributed by atoms with Crippen LogP contribution in [0.15, 0.2) is 60.7 Å². The van der Waals surface area contributed by atoms with Crippen LogP contribution >= 0.6 is 0 Å². The van der Waals surface area contributed by atoms with E-state index < -0.39 is 23.3 Å². The Hall–Kier alpha value is -4.12. The number of methoxy groups -OCH3 is 1. The Morgan fingerprint density at radius 2 is 1.68 bits per heavy atom. The Kier molecular flexibility index (Phi) is 8.47. The zero-order valence-corrected chi connectivity index (χ0v) is 21.1. The lowest BCUT2D eigenvalue weighted by molar-refractivity contribution is -0.991. The second-order valence-corrected chi connectivity index (χ2v) is 8.93. The third-order valence-electron chi connectivity index (χ3n) is 6.50. The molecule has 0 saturated heterocycles. The summed E-state index contributed by atoms with van der Waals surface area (Å²) in [6.07, 6.45) is -0.501. The molecule has 200 valence electrons. The molecule has 0 radical (unpaired) electrons. The fraction of sp³-hybridized carbons (Fsp3) is 0.286. The van der Waals surface area contributed by atoms with Crippen molar-refractivity contribution in [1.29, 1.82) is 0 Å². The first kappa shape index (κ1) is 26.9. The fourth-order valence-electron chi connectivity index (χ4n) is 4.69. The summed E-state index contributed by atoms with van der Waals surface area (Å²) in [5, 5.41) is 32.1. The van der Waals surface area contributed by atoms with Gasteiger partial charge in [-0.2, -0.15) is 5.23 Å². The second-order valence-electron chi connectivity index (χ2n) is 8.93. The van der Waals surface area contributed by atoms with Gasteiger partial charge in [0.2, 0.25) is 0 Å². The number of ether oxygens (including phenoxy) is 3. The lowest BCUT2D eigenvalue weighted by Gasteiger charge is -2.23. The molecule has 4 rings (SSSR count). The first-order valence-electron chi connectivity index (χ1n) is 12.2. The minimum atomic E-state index is -1.21. The van der Waals surface area contributed by atoms with Crippen molar-refractivity contribution in [2.45, 2.75) is 31.7 Å². The molecule has 10 nitrogen and oxygen atoms in total. The van der Waals surface area contributed by atoms with Gasteiger partial charge in [-0.15, -0.1) is 0 Å². The SMILES string of the molecule is COc1cc(C(C)NC(=O)OCC2c3ccccc3-c3ccccc32)c([NH+]([O-])O)cc1OCCCC(=O)O. The number of aliphatic carboxylic acids is 1. The van der Waals surface area contributed by atoms with Gasteiger partial charge in [-0.05, 0) is 41.7 Å². The van der Waals surface area contributed by atoms with Crippen LogP contribution in [0, 0.1) is 5.21 Å². The molecular formula is C28H30N2O8. The van der Waals surface area contributed by atoms with Crippen LogP contribution in [-0.4, -0.2) is 42.7 Å². The van der Waals surface area contributed by atoms with Gasteiger partial charge in [0.05, 0.1) is 19.8 Å². The van der Waals surface area contributed by atoms with E-state index in [9.17, 15) is 20.0 Å². The van der Waals surface area contributed by atoms with E-state index in [1.54, 1.807) is 6.92 Å². The summed E-state index contributed by atoms with van der Waals surface area (Å²) >= 11 is 0. The van der Waals surface area contributed by atoms with Gasteiger partial charge in [0.15, 0.2) is 17.2 Å². The maximum atomic E-state index is 12.8. The Morgan fingerprint density at radius 1 is 1.05 bits per heavy atom. The molecule has 4 N–H and O–H groups in total. The summed E-state index contributed by atoms with van der Waals surface area (Å²) in [5.41, 5.74) is 4.65. The molecule has 10 heteroatoms. The van der Waals surface area contributed by atoms with Crippen LogP contribution in [0.1, 0.15) is 48.4 Å². The number of carbonyl (C=O) groups is 2. The number of nitrogens with one attached hydrogen (secondary N) is 2. The summed E-state index contributed by atoms with van der Waals surface area (Å²) < 4.78 is 16.5. The van der Waals surface area contributed by atoms with Crippen molar-refractivity contribution in [2.24, 2.45) is 0 Å². The van der Waals surface area contributed by atoms with Gasteiger partial charge in [0.25, 0.3) is 0 Å². The van der Waals surface area contributed by atoms with Crippen LogP contribution < -0.4 is 20.0 Å². The largest absolute Gasteiger partial charge is 0.595 e. The van der Waals surface area contributed by atoms with E-state index >= 15 is 0 Å². The van der Waals surface area contributed by atoms with Crippen LogP contribution in [0.5, 0.6) is 11.5 Å². The highest BCUT2D eigenvalue weighted by atomic mass is 16.8. The highest BCUT2D eigenvalue weighted by Crippen LogP contribution is 2.44. The lowest BCUT2D eigenvalue weighted by atomic mass is 9.98. The van der Waals surface area contributed by atoms with E-state index in [0.29, 0.717) is 5.56 Å². The maximum absolute atomic E-state index is 12.8. The summed E-state index contributed by atoms with van der Waals surface area (Å²) in [7, 11) is 1.41. The molecule has 1 aliphatic rings. The Balaban J connectivity index is 1.45. The second kappa shape index (κ2) is 12.0. The number of quaternary nitrogens is 1. The summed E-state index contributed by atoms with van der Waals surface area (Å²) in [6, 6.07) is 18.1. The monoisotopic (exact) mass is 522 g/mol. The van der Waals surface area contributed by atoms with Crippen molar-refractivity contribution in [1.82, 2.24) is 5.32 Å². The number of amides is 1. The van der Waals surface area contributed by atoms with Crippen molar-refractivity contribution < 1.29 is 39.3 Å². The minimum Gasteiger partial charge on any atom is -0.595 e. The van der Waals surface area contributed by atoms with Crippen LogP contribution in [0.4, 0.5) is 10.5 Å². The quantitative estimate of drug-likeness (QED) is 0.219. The van der Waals surface area contributed by atoms with E-state index in [4.69, 9.17) is 19.3 Å². The van der Waals surface area contributed by atoms with Gasteiger partial charge in [0, 0.05) is 24.0 Å². The molecule has 0 heterocycles. The number of fused-ring (bicyclic) bond motifs is 3. The van der Waals surface area contributed by atoms with Crippen molar-refractivity contribution in [3.05, 3.63) is 82.6 Å². The molecule has 0 aliphatic heterocycles. The van der Waals surface area contributed by atoms with E-state index in [-0.39, 0.29) is 49.2 Å². The zero-order valence-electron chi connectivity index (χ0n) is 21.1. The molecule has 3 aromatic carbocycles. The van der Waals surface area contributed by atoms with Crippen LogP contribution in [0.2, 0.25) is 0 Å². The molecule has 0 spiro atoms. The molecule has 2 atom stereocenters. The molecule has 2 unspecified atom stereocenters. The van der Waals surface area contributed by atoms with Crippen molar-refractivity contribution >= 4 is 17.7 Å². The fourth-order valence-corrected chi connectivity index (χ4v) is 4.69. The van der Waals surface area contributed by atoms with Crippen LogP contribution in [-0.2, 0) is 9.53 Å². The third-order valence-corrected chi connectivity index (χ3v) is 6.50. The molecule has 0 aromatic heterocycles. The molecule has 38 heavy (non-hydrogen) atoms. The van der Waals surface area contributed by atoms with Gasteiger partial charge >= 0.3 is 12.1 Å². The first-order valence-corrected chi connectivity index (χ1v) is 12.2. The van der Waals surface area contributed by atoms with E-state index in [0.717, 1.165) is 22.3 Å². The van der Waals surface area contributed by atoms with Gasteiger partial charge in [-0.25, -0.2) is 10.0 Å². The average molecular weight is 523 g/mol. The zero-order chi connectivity index (χ0) is 27.2. The van der Waals surface area contributed by atoms with Crippen molar-refractivity contribution in [3.8, 4) is 22.6 Å². The molecule has 0 fully saturated rings. The number of hydrogen-bond donors (Lipinski definition) is 4. The highest BCUT2D eigenvalue weighted by Gasteiger charge is 2.29. The van der Waals surface area contributed by atoms with Gasteiger partial charge in [0.1, 0.15) is 6.61 Å². The number of carbonyl (C=O) groups excluding carboxylic acids is 1. The van der Waals surface area contributed by atoms with E-state index in [1.165, 1.54) is 19.2 Å². The molecule has 0 saturated carbocycles. The van der Waals surface area contributed by atoms with Crippen LogP contribution in [0.3, 0.4) is 0 Å². The lowest BCUT2D eigenvalue weighted by Crippen LogP contribution is -2.99. The number of alkyl carbamates (subject to hydrolysis) is 1.